The van der Waals surface area contributed by atoms with Gasteiger partial charge in [-0.05, 0) is 45.6 Å². The zero-order chi connectivity index (χ0) is 11.4. The molecule has 2 rings (SSSR count). The van der Waals surface area contributed by atoms with E-state index in [1.165, 1.54) is 29.4 Å². The topological polar surface area (TPSA) is 0 Å². The summed E-state index contributed by atoms with van der Waals surface area (Å²) in [6.45, 7) is 9.19. The fourth-order valence-corrected chi connectivity index (χ4v) is 6.41. The van der Waals surface area contributed by atoms with Crippen LogP contribution in [-0.2, 0) is 0 Å². The maximum Gasteiger partial charge on any atom is 0.0555 e. The third kappa shape index (κ3) is 9.92. The van der Waals surface area contributed by atoms with Gasteiger partial charge in [-0.1, -0.05) is 14.9 Å². The summed E-state index contributed by atoms with van der Waals surface area (Å²) < 4.78 is 1.04. The van der Waals surface area contributed by atoms with Crippen LogP contribution in [-0.4, -0.2) is 31.2 Å². The molecule has 2 heterocycles. The number of thioether (sulfide) groups is 4. The second-order valence-electron chi connectivity index (χ2n) is 4.55. The summed E-state index contributed by atoms with van der Waals surface area (Å²) in [5, 5.41) is 0. The van der Waals surface area contributed by atoms with Gasteiger partial charge < -0.3 is 0 Å². The van der Waals surface area contributed by atoms with Crippen molar-refractivity contribution in [3.05, 3.63) is 0 Å². The van der Waals surface area contributed by atoms with E-state index < -0.39 is 0 Å². The maximum absolute atomic E-state index is 2.31. The van der Waals surface area contributed by atoms with Gasteiger partial charge in [0.05, 0.1) is 8.16 Å². The Morgan fingerprint density at radius 3 is 1.00 bits per heavy atom. The van der Waals surface area contributed by atoms with Gasteiger partial charge in [-0.15, -0.1) is 47.0 Å². The minimum absolute atomic E-state index is 0. The van der Waals surface area contributed by atoms with Crippen molar-refractivity contribution in [2.24, 2.45) is 0 Å². The number of rotatable bonds is 0. The summed E-state index contributed by atoms with van der Waals surface area (Å²) in [7, 11) is 0. The molecular weight excluding hydrogens is 284 g/mol. The summed E-state index contributed by atoms with van der Waals surface area (Å²) in [6.07, 6.45) is 1.40. The van der Waals surface area contributed by atoms with Crippen LogP contribution < -0.4 is 0 Å². The van der Waals surface area contributed by atoms with Gasteiger partial charge in [0.1, 0.15) is 0 Å². The van der Waals surface area contributed by atoms with Gasteiger partial charge in [0, 0.05) is 11.5 Å². The summed E-state index contributed by atoms with van der Waals surface area (Å²) in [4.78, 5) is 0. The minimum Gasteiger partial charge on any atom is -0.145 e. The SMILES string of the molecule is C.C.CC1(C)SCCCS1.CC1(C)SCCS1. The third-order valence-electron chi connectivity index (χ3n) is 2.17. The quantitative estimate of drug-likeness (QED) is 0.532. The normalized spacial score (nSPS) is 24.7. The smallest absolute Gasteiger partial charge is 0.0555 e. The van der Waals surface area contributed by atoms with E-state index in [2.05, 4.69) is 74.7 Å². The molecular formula is C13H30S4. The van der Waals surface area contributed by atoms with Crippen LogP contribution in [0.5, 0.6) is 0 Å². The van der Waals surface area contributed by atoms with Gasteiger partial charge in [-0.25, -0.2) is 0 Å². The Morgan fingerprint density at radius 1 is 0.588 bits per heavy atom. The van der Waals surface area contributed by atoms with Crippen LogP contribution in [0, 0.1) is 0 Å². The molecule has 2 saturated heterocycles. The van der Waals surface area contributed by atoms with Crippen LogP contribution in [0.25, 0.3) is 0 Å². The zero-order valence-electron chi connectivity index (χ0n) is 10.2. The Morgan fingerprint density at radius 2 is 0.882 bits per heavy atom. The molecule has 0 aliphatic carbocycles. The molecule has 0 atom stereocenters. The molecule has 2 aliphatic heterocycles. The molecule has 106 valence electrons. The van der Waals surface area contributed by atoms with Crippen LogP contribution in [0.2, 0.25) is 0 Å². The predicted molar refractivity (Wildman–Crippen MR) is 96.1 cm³/mol. The van der Waals surface area contributed by atoms with Gasteiger partial charge in [0.25, 0.3) is 0 Å². The van der Waals surface area contributed by atoms with E-state index in [1.807, 2.05) is 0 Å². The van der Waals surface area contributed by atoms with Gasteiger partial charge in [0.15, 0.2) is 0 Å². The Bertz CT molecular complexity index is 174. The summed E-state index contributed by atoms with van der Waals surface area (Å²) in [5.74, 6) is 5.41. The van der Waals surface area contributed by atoms with Crippen molar-refractivity contribution in [3.8, 4) is 0 Å². The van der Waals surface area contributed by atoms with Crippen molar-refractivity contribution in [1.29, 1.82) is 0 Å². The number of hydrogen-bond donors (Lipinski definition) is 0. The molecule has 0 bridgehead atoms. The highest BCUT2D eigenvalue weighted by Crippen LogP contribution is 2.42. The van der Waals surface area contributed by atoms with E-state index in [4.69, 9.17) is 0 Å². The van der Waals surface area contributed by atoms with E-state index in [1.54, 1.807) is 0 Å². The maximum atomic E-state index is 2.31. The van der Waals surface area contributed by atoms with E-state index in [0.717, 1.165) is 0 Å². The molecule has 0 unspecified atom stereocenters. The van der Waals surface area contributed by atoms with Crippen LogP contribution in [0.4, 0.5) is 0 Å². The van der Waals surface area contributed by atoms with Crippen molar-refractivity contribution in [2.45, 2.75) is 57.1 Å². The van der Waals surface area contributed by atoms with Crippen LogP contribution >= 0.6 is 47.0 Å². The van der Waals surface area contributed by atoms with Crippen LogP contribution in [0.15, 0.2) is 0 Å². The average molecular weight is 315 g/mol. The summed E-state index contributed by atoms with van der Waals surface area (Å²) in [6, 6.07) is 0. The Hall–Kier alpha value is 1.40. The van der Waals surface area contributed by atoms with Gasteiger partial charge >= 0.3 is 0 Å². The molecule has 0 nitrogen and oxygen atoms in total. The lowest BCUT2D eigenvalue weighted by atomic mass is 10.5. The van der Waals surface area contributed by atoms with Crippen molar-refractivity contribution in [2.75, 3.05) is 23.0 Å². The van der Waals surface area contributed by atoms with Crippen molar-refractivity contribution in [1.82, 2.24) is 0 Å². The highest BCUT2D eigenvalue weighted by molar-refractivity contribution is 8.21. The van der Waals surface area contributed by atoms with Gasteiger partial charge in [0.2, 0.25) is 0 Å². The molecule has 2 fully saturated rings. The third-order valence-corrected chi connectivity index (χ3v) is 8.43. The molecule has 0 saturated carbocycles. The van der Waals surface area contributed by atoms with E-state index in [0.29, 0.717) is 8.16 Å². The van der Waals surface area contributed by atoms with Gasteiger partial charge in [-0.3, -0.25) is 0 Å². The lowest BCUT2D eigenvalue weighted by Gasteiger charge is -2.27. The lowest BCUT2D eigenvalue weighted by molar-refractivity contribution is 0.976. The first kappa shape index (κ1) is 20.7. The molecule has 0 N–H and O–H groups in total. The standard InChI is InChI=1S/C6H12S2.C5H10S2.2CH4/c1-6(2)7-4-3-5-8-6;1-5(2)6-3-4-7-5;;/h3-5H2,1-2H3;3-4H2,1-2H3;2*1H4. The first-order valence-corrected chi connectivity index (χ1v) is 9.41. The Balaban J connectivity index is 0. The van der Waals surface area contributed by atoms with E-state index in [9.17, 15) is 0 Å². The lowest BCUT2D eigenvalue weighted by Crippen LogP contribution is -2.15. The van der Waals surface area contributed by atoms with Crippen molar-refractivity contribution < 1.29 is 0 Å². The summed E-state index contributed by atoms with van der Waals surface area (Å²) >= 11 is 8.29. The first-order chi connectivity index (χ1) is 6.91. The Kier molecular flexibility index (Phi) is 11.4. The zero-order valence-corrected chi connectivity index (χ0v) is 13.4. The molecule has 0 amide bonds. The fourth-order valence-electron chi connectivity index (χ4n) is 1.35. The molecule has 0 spiro atoms. The molecule has 0 aromatic heterocycles. The summed E-state index contributed by atoms with van der Waals surface area (Å²) in [5.41, 5.74) is 0. The molecule has 0 aromatic carbocycles. The van der Waals surface area contributed by atoms with Gasteiger partial charge in [-0.2, -0.15) is 0 Å². The number of hydrogen-bond acceptors (Lipinski definition) is 4. The predicted octanol–water partition coefficient (Wildman–Crippen LogP) is 6.07. The van der Waals surface area contributed by atoms with E-state index >= 15 is 0 Å². The molecule has 0 radical (unpaired) electrons. The second-order valence-corrected chi connectivity index (χ2v) is 11.9. The van der Waals surface area contributed by atoms with Crippen molar-refractivity contribution in [3.63, 3.8) is 0 Å². The average Bonchev–Trinajstić information content (AvgIpc) is 2.51. The fraction of sp³-hybridized carbons (Fsp3) is 1.00. The molecule has 0 aromatic rings. The monoisotopic (exact) mass is 314 g/mol. The molecule has 4 heteroatoms. The van der Waals surface area contributed by atoms with Crippen LogP contribution in [0.3, 0.4) is 0 Å². The molecule has 2 aliphatic rings. The van der Waals surface area contributed by atoms with E-state index in [-0.39, 0.29) is 14.9 Å². The highest BCUT2D eigenvalue weighted by atomic mass is 32.2. The van der Waals surface area contributed by atoms with Crippen LogP contribution in [0.1, 0.15) is 49.0 Å². The minimum atomic E-state index is 0. The Labute approximate surface area is 127 Å². The highest BCUT2D eigenvalue weighted by Gasteiger charge is 2.23. The van der Waals surface area contributed by atoms with Crippen molar-refractivity contribution >= 4 is 47.0 Å². The second kappa shape index (κ2) is 9.33. The molecule has 17 heavy (non-hydrogen) atoms. The first-order valence-electron chi connectivity index (χ1n) is 5.47. The largest absolute Gasteiger partial charge is 0.145 e.